The van der Waals surface area contributed by atoms with Gasteiger partial charge in [0.25, 0.3) is 5.91 Å². The summed E-state index contributed by atoms with van der Waals surface area (Å²) in [7, 11) is 0. The van der Waals surface area contributed by atoms with Gasteiger partial charge in [-0.3, -0.25) is 9.78 Å². The molecule has 1 saturated heterocycles. The van der Waals surface area contributed by atoms with Crippen LogP contribution in [0.1, 0.15) is 38.2 Å². The number of rotatable bonds is 2. The predicted octanol–water partition coefficient (Wildman–Crippen LogP) is 1.92. The van der Waals surface area contributed by atoms with Gasteiger partial charge in [0.15, 0.2) is 0 Å². The van der Waals surface area contributed by atoms with Gasteiger partial charge in [-0.25, -0.2) is 4.79 Å². The van der Waals surface area contributed by atoms with Crippen LogP contribution in [0.2, 0.25) is 0 Å². The summed E-state index contributed by atoms with van der Waals surface area (Å²) in [5.74, 6) is 0.368. The number of carbonyl (C=O) groups is 2. The van der Waals surface area contributed by atoms with Gasteiger partial charge in [-0.2, -0.15) is 5.10 Å². The normalized spacial score (nSPS) is 29.4. The summed E-state index contributed by atoms with van der Waals surface area (Å²) < 4.78 is 0. The first kappa shape index (κ1) is 13.7. The van der Waals surface area contributed by atoms with E-state index in [4.69, 9.17) is 0 Å². The van der Waals surface area contributed by atoms with E-state index in [1.807, 2.05) is 6.07 Å². The summed E-state index contributed by atoms with van der Waals surface area (Å²) in [6, 6.07) is 3.15. The van der Waals surface area contributed by atoms with Crippen LogP contribution in [-0.2, 0) is 4.79 Å². The van der Waals surface area contributed by atoms with Gasteiger partial charge >= 0.3 is 6.03 Å². The number of aromatic nitrogens is 1. The van der Waals surface area contributed by atoms with Gasteiger partial charge in [0, 0.05) is 18.0 Å². The van der Waals surface area contributed by atoms with Crippen molar-refractivity contribution in [3.63, 3.8) is 0 Å². The fraction of sp³-hybridized carbons (Fsp3) is 0.467. The third-order valence-electron chi connectivity index (χ3n) is 4.27. The maximum absolute atomic E-state index is 12.5. The topological polar surface area (TPSA) is 74.7 Å². The van der Waals surface area contributed by atoms with Gasteiger partial charge in [-0.1, -0.05) is 13.0 Å². The first-order valence-electron chi connectivity index (χ1n) is 7.21. The van der Waals surface area contributed by atoms with Crippen molar-refractivity contribution < 1.29 is 9.59 Å². The highest BCUT2D eigenvalue weighted by atomic mass is 16.2. The quantitative estimate of drug-likeness (QED) is 0.666. The fourth-order valence-corrected chi connectivity index (χ4v) is 2.88. The maximum Gasteiger partial charge on any atom is 0.346 e. The Morgan fingerprint density at radius 2 is 2.19 bits per heavy atom. The lowest BCUT2D eigenvalue weighted by atomic mass is 9.77. The standard InChI is InChI=1S/C15H18N4O2/c1-11-4-6-15(7-5-11)13(20)19(14(21)18-15)17-10-12-3-2-8-16-9-12/h2-3,8-11H,4-7H2,1H3,(H,18,21)/b17-10+. The van der Waals surface area contributed by atoms with E-state index in [2.05, 4.69) is 22.3 Å². The third-order valence-corrected chi connectivity index (χ3v) is 4.27. The van der Waals surface area contributed by atoms with E-state index in [-0.39, 0.29) is 5.91 Å². The largest absolute Gasteiger partial charge is 0.346 e. The molecule has 0 unspecified atom stereocenters. The zero-order valence-electron chi connectivity index (χ0n) is 12.0. The summed E-state index contributed by atoms with van der Waals surface area (Å²) >= 11 is 0. The van der Waals surface area contributed by atoms with E-state index in [0.29, 0.717) is 18.8 Å². The van der Waals surface area contributed by atoms with Gasteiger partial charge in [0.05, 0.1) is 6.21 Å². The molecule has 6 nitrogen and oxygen atoms in total. The molecule has 1 aliphatic heterocycles. The number of hydrogen-bond donors (Lipinski definition) is 1. The minimum atomic E-state index is -0.740. The number of amides is 3. The number of pyridine rings is 1. The van der Waals surface area contributed by atoms with Gasteiger partial charge in [0.2, 0.25) is 0 Å². The molecule has 1 aromatic rings. The monoisotopic (exact) mass is 286 g/mol. The Balaban J connectivity index is 1.77. The number of hydrogen-bond acceptors (Lipinski definition) is 4. The maximum atomic E-state index is 12.5. The lowest BCUT2D eigenvalue weighted by Crippen LogP contribution is -2.49. The number of urea groups is 1. The summed E-state index contributed by atoms with van der Waals surface area (Å²) in [5, 5.41) is 7.81. The van der Waals surface area contributed by atoms with Crippen LogP contribution in [0.3, 0.4) is 0 Å². The third kappa shape index (κ3) is 2.53. The number of carbonyl (C=O) groups excluding carboxylic acids is 2. The molecule has 0 aromatic carbocycles. The molecular weight excluding hydrogens is 268 g/mol. The zero-order valence-corrected chi connectivity index (χ0v) is 12.0. The van der Waals surface area contributed by atoms with Crippen molar-refractivity contribution in [2.24, 2.45) is 11.0 Å². The number of hydrazone groups is 1. The lowest BCUT2D eigenvalue weighted by molar-refractivity contribution is -0.132. The first-order chi connectivity index (χ1) is 10.1. The van der Waals surface area contributed by atoms with Crippen molar-refractivity contribution in [3.05, 3.63) is 30.1 Å². The van der Waals surface area contributed by atoms with E-state index in [9.17, 15) is 9.59 Å². The first-order valence-corrected chi connectivity index (χ1v) is 7.21. The fourth-order valence-electron chi connectivity index (χ4n) is 2.88. The second-order valence-electron chi connectivity index (χ2n) is 5.84. The predicted molar refractivity (Wildman–Crippen MR) is 77.6 cm³/mol. The molecule has 0 atom stereocenters. The van der Waals surface area contributed by atoms with Gasteiger partial charge in [0.1, 0.15) is 5.54 Å². The number of imide groups is 1. The Bertz CT molecular complexity index is 577. The zero-order chi connectivity index (χ0) is 14.9. The molecule has 2 fully saturated rings. The van der Waals surface area contributed by atoms with Crippen LogP contribution >= 0.6 is 0 Å². The van der Waals surface area contributed by atoms with E-state index in [0.717, 1.165) is 23.4 Å². The van der Waals surface area contributed by atoms with E-state index >= 15 is 0 Å². The molecule has 110 valence electrons. The highest BCUT2D eigenvalue weighted by Gasteiger charge is 2.52. The molecular formula is C15H18N4O2. The molecule has 0 bridgehead atoms. The Kier molecular flexibility index (Phi) is 3.45. The molecule has 3 rings (SSSR count). The summed E-state index contributed by atoms with van der Waals surface area (Å²) in [5.41, 5.74) is 0.00638. The summed E-state index contributed by atoms with van der Waals surface area (Å²) in [6.07, 6.45) is 8.05. The highest BCUT2D eigenvalue weighted by molar-refractivity contribution is 6.07. The van der Waals surface area contributed by atoms with Crippen LogP contribution in [0.5, 0.6) is 0 Å². The minimum absolute atomic E-state index is 0.237. The summed E-state index contributed by atoms with van der Waals surface area (Å²) in [4.78, 5) is 28.5. The van der Waals surface area contributed by atoms with Gasteiger partial charge < -0.3 is 5.32 Å². The van der Waals surface area contributed by atoms with E-state index in [1.165, 1.54) is 6.21 Å². The van der Waals surface area contributed by atoms with Crippen molar-refractivity contribution in [1.82, 2.24) is 15.3 Å². The summed E-state index contributed by atoms with van der Waals surface area (Å²) in [6.45, 7) is 2.17. The number of nitrogens with one attached hydrogen (secondary N) is 1. The van der Waals surface area contributed by atoms with Gasteiger partial charge in [-0.05, 0) is 37.7 Å². The second-order valence-corrected chi connectivity index (χ2v) is 5.84. The molecule has 2 aliphatic rings. The number of nitrogens with zero attached hydrogens (tertiary/aromatic N) is 3. The molecule has 1 aromatic heterocycles. The highest BCUT2D eigenvalue weighted by Crippen LogP contribution is 2.36. The van der Waals surface area contributed by atoms with Crippen molar-refractivity contribution in [2.45, 2.75) is 38.1 Å². The Hall–Kier alpha value is -2.24. The van der Waals surface area contributed by atoms with Crippen LogP contribution in [0.25, 0.3) is 0 Å². The van der Waals surface area contributed by atoms with E-state index < -0.39 is 11.6 Å². The van der Waals surface area contributed by atoms with Crippen molar-refractivity contribution in [1.29, 1.82) is 0 Å². The molecule has 1 aliphatic carbocycles. The average molecular weight is 286 g/mol. The molecule has 1 saturated carbocycles. The molecule has 1 spiro atoms. The Labute approximate surface area is 123 Å². The molecule has 0 radical (unpaired) electrons. The molecule has 1 N–H and O–H groups in total. The van der Waals surface area contributed by atoms with Crippen molar-refractivity contribution in [3.8, 4) is 0 Å². The molecule has 2 heterocycles. The molecule has 21 heavy (non-hydrogen) atoms. The minimum Gasteiger partial charge on any atom is -0.321 e. The Morgan fingerprint density at radius 3 is 2.86 bits per heavy atom. The van der Waals surface area contributed by atoms with Crippen LogP contribution in [0.15, 0.2) is 29.6 Å². The second kappa shape index (κ2) is 5.27. The van der Waals surface area contributed by atoms with Crippen molar-refractivity contribution >= 4 is 18.2 Å². The van der Waals surface area contributed by atoms with Crippen LogP contribution < -0.4 is 5.32 Å². The smallest absolute Gasteiger partial charge is 0.321 e. The average Bonchev–Trinajstić information content (AvgIpc) is 2.73. The van der Waals surface area contributed by atoms with Crippen LogP contribution in [-0.4, -0.2) is 33.7 Å². The van der Waals surface area contributed by atoms with Gasteiger partial charge in [-0.15, -0.1) is 5.01 Å². The SMILES string of the molecule is CC1CCC2(CC1)NC(=O)N(/N=C/c1cccnc1)C2=O. The molecule has 3 amide bonds. The molecule has 6 heteroatoms. The van der Waals surface area contributed by atoms with Crippen molar-refractivity contribution in [2.75, 3.05) is 0 Å². The van der Waals surface area contributed by atoms with Crippen LogP contribution in [0, 0.1) is 5.92 Å². The van der Waals surface area contributed by atoms with E-state index in [1.54, 1.807) is 18.5 Å². The lowest BCUT2D eigenvalue weighted by Gasteiger charge is -2.33. The Morgan fingerprint density at radius 1 is 1.43 bits per heavy atom. The van der Waals surface area contributed by atoms with Crippen LogP contribution in [0.4, 0.5) is 4.79 Å².